The third kappa shape index (κ3) is 2.71. The number of carbonyl (C=O) groups excluding carboxylic acids is 1. The fourth-order valence-corrected chi connectivity index (χ4v) is 2.05. The Morgan fingerprint density at radius 3 is 2.65 bits per heavy atom. The van der Waals surface area contributed by atoms with Crippen LogP contribution < -0.4 is 0 Å². The number of hydrogen-bond acceptors (Lipinski definition) is 2. The summed E-state index contributed by atoms with van der Waals surface area (Å²) in [4.78, 5) is 12.0. The molecule has 2 rings (SSSR count). The van der Waals surface area contributed by atoms with Gasteiger partial charge < -0.3 is 4.74 Å². The van der Waals surface area contributed by atoms with Crippen LogP contribution in [0.4, 0.5) is 0 Å². The molecule has 1 aliphatic carbocycles. The molecule has 0 heterocycles. The van der Waals surface area contributed by atoms with Crippen molar-refractivity contribution in [2.45, 2.75) is 19.4 Å². The van der Waals surface area contributed by atoms with Crippen LogP contribution in [-0.4, -0.2) is 19.0 Å². The average Bonchev–Trinajstić information content (AvgIpc) is 2.70. The molecule has 0 spiro atoms. The lowest BCUT2D eigenvalue weighted by atomic mass is 10.0. The van der Waals surface area contributed by atoms with Gasteiger partial charge >= 0.3 is 0 Å². The standard InChI is InChI=1S/C15H16O2/c1-11-8-13(15(9-11)17-2)10-14(16)12-6-4-3-5-7-12/h3-9,15H,10H2,1-2H3. The SMILES string of the molecule is COC1C=C(C)C=C1CC(=O)c1ccccc1. The molecule has 1 aromatic carbocycles. The van der Waals surface area contributed by atoms with Gasteiger partial charge in [0.1, 0.15) is 0 Å². The number of ether oxygens (including phenoxy) is 1. The van der Waals surface area contributed by atoms with Crippen molar-refractivity contribution in [1.29, 1.82) is 0 Å². The van der Waals surface area contributed by atoms with Crippen molar-refractivity contribution in [3.05, 3.63) is 59.2 Å². The quantitative estimate of drug-likeness (QED) is 0.740. The van der Waals surface area contributed by atoms with E-state index in [4.69, 9.17) is 4.74 Å². The van der Waals surface area contributed by atoms with E-state index in [2.05, 4.69) is 0 Å². The van der Waals surface area contributed by atoms with Gasteiger partial charge in [-0.25, -0.2) is 0 Å². The zero-order valence-electron chi connectivity index (χ0n) is 10.1. The summed E-state index contributed by atoms with van der Waals surface area (Å²) in [7, 11) is 1.67. The number of methoxy groups -OCH3 is 1. The average molecular weight is 228 g/mol. The van der Waals surface area contributed by atoms with Crippen LogP contribution >= 0.6 is 0 Å². The normalized spacial score (nSPS) is 18.8. The number of allylic oxidation sites excluding steroid dienone is 2. The lowest BCUT2D eigenvalue weighted by Crippen LogP contribution is -2.11. The Morgan fingerprint density at radius 1 is 1.29 bits per heavy atom. The lowest BCUT2D eigenvalue weighted by Gasteiger charge is -2.11. The van der Waals surface area contributed by atoms with Crippen LogP contribution in [0.5, 0.6) is 0 Å². The molecule has 0 saturated carbocycles. The second-order valence-corrected chi connectivity index (χ2v) is 4.25. The van der Waals surface area contributed by atoms with Gasteiger partial charge in [0.05, 0.1) is 6.10 Å². The smallest absolute Gasteiger partial charge is 0.167 e. The summed E-state index contributed by atoms with van der Waals surface area (Å²) in [5.41, 5.74) is 2.96. The van der Waals surface area contributed by atoms with Crippen LogP contribution in [0.15, 0.2) is 53.6 Å². The number of rotatable bonds is 4. The van der Waals surface area contributed by atoms with E-state index in [9.17, 15) is 4.79 Å². The highest BCUT2D eigenvalue weighted by Gasteiger charge is 2.19. The van der Waals surface area contributed by atoms with E-state index >= 15 is 0 Å². The maximum atomic E-state index is 12.0. The molecule has 2 nitrogen and oxygen atoms in total. The van der Waals surface area contributed by atoms with Gasteiger partial charge in [-0.3, -0.25) is 4.79 Å². The van der Waals surface area contributed by atoms with Crippen molar-refractivity contribution in [3.8, 4) is 0 Å². The first-order valence-corrected chi connectivity index (χ1v) is 5.70. The van der Waals surface area contributed by atoms with Crippen LogP contribution in [0.1, 0.15) is 23.7 Å². The molecule has 0 radical (unpaired) electrons. The number of hydrogen-bond donors (Lipinski definition) is 0. The topological polar surface area (TPSA) is 26.3 Å². The van der Waals surface area contributed by atoms with Gasteiger partial charge in [-0.1, -0.05) is 42.0 Å². The van der Waals surface area contributed by atoms with Crippen LogP contribution in [0, 0.1) is 0 Å². The molecule has 0 saturated heterocycles. The Hall–Kier alpha value is -1.67. The Labute approximate surface area is 102 Å². The van der Waals surface area contributed by atoms with Gasteiger partial charge in [0.15, 0.2) is 5.78 Å². The predicted molar refractivity (Wildman–Crippen MR) is 68.0 cm³/mol. The summed E-state index contributed by atoms with van der Waals surface area (Å²) in [5, 5.41) is 0. The molecule has 0 bridgehead atoms. The Kier molecular flexibility index (Phi) is 3.55. The van der Waals surface area contributed by atoms with E-state index in [0.717, 1.165) is 16.7 Å². The first-order chi connectivity index (χ1) is 8.20. The maximum absolute atomic E-state index is 12.0. The van der Waals surface area contributed by atoms with Gasteiger partial charge in [-0.05, 0) is 18.6 Å². The maximum Gasteiger partial charge on any atom is 0.167 e. The zero-order chi connectivity index (χ0) is 12.3. The van der Waals surface area contributed by atoms with Crippen molar-refractivity contribution in [3.63, 3.8) is 0 Å². The molecular formula is C15H16O2. The second kappa shape index (κ2) is 5.11. The summed E-state index contributed by atoms with van der Waals surface area (Å²) >= 11 is 0. The predicted octanol–water partition coefficient (Wildman–Crippen LogP) is 3.16. The van der Waals surface area contributed by atoms with E-state index < -0.39 is 0 Å². The van der Waals surface area contributed by atoms with Gasteiger partial charge in [0, 0.05) is 19.1 Å². The van der Waals surface area contributed by atoms with Gasteiger partial charge in [0.25, 0.3) is 0 Å². The molecule has 0 aliphatic heterocycles. The summed E-state index contributed by atoms with van der Waals surface area (Å²) in [5.74, 6) is 0.141. The van der Waals surface area contributed by atoms with Crippen molar-refractivity contribution in [2.24, 2.45) is 0 Å². The largest absolute Gasteiger partial charge is 0.373 e. The zero-order valence-corrected chi connectivity index (χ0v) is 10.1. The Morgan fingerprint density at radius 2 is 2.00 bits per heavy atom. The monoisotopic (exact) mass is 228 g/mol. The molecule has 1 aliphatic rings. The Balaban J connectivity index is 2.08. The fourth-order valence-electron chi connectivity index (χ4n) is 2.05. The minimum atomic E-state index is -0.0392. The van der Waals surface area contributed by atoms with Crippen LogP contribution in [0.2, 0.25) is 0 Å². The molecule has 1 aromatic rings. The molecule has 0 aromatic heterocycles. The third-order valence-electron chi connectivity index (χ3n) is 2.91. The van der Waals surface area contributed by atoms with E-state index in [0.29, 0.717) is 6.42 Å². The van der Waals surface area contributed by atoms with Crippen LogP contribution in [0.25, 0.3) is 0 Å². The second-order valence-electron chi connectivity index (χ2n) is 4.25. The van der Waals surface area contributed by atoms with Crippen LogP contribution in [-0.2, 0) is 4.74 Å². The molecule has 1 unspecified atom stereocenters. The molecule has 0 fully saturated rings. The van der Waals surface area contributed by atoms with Crippen molar-refractivity contribution < 1.29 is 9.53 Å². The number of benzene rings is 1. The summed E-state index contributed by atoms with van der Waals surface area (Å²) in [6.45, 7) is 2.02. The molecule has 88 valence electrons. The van der Waals surface area contributed by atoms with E-state index in [1.54, 1.807) is 7.11 Å². The van der Waals surface area contributed by atoms with Crippen molar-refractivity contribution in [2.75, 3.05) is 7.11 Å². The van der Waals surface area contributed by atoms with Gasteiger partial charge in [-0.15, -0.1) is 0 Å². The van der Waals surface area contributed by atoms with E-state index in [1.807, 2.05) is 49.4 Å². The number of carbonyl (C=O) groups is 1. The summed E-state index contributed by atoms with van der Waals surface area (Å²) in [6, 6.07) is 9.37. The van der Waals surface area contributed by atoms with Crippen LogP contribution in [0.3, 0.4) is 0 Å². The fraction of sp³-hybridized carbons (Fsp3) is 0.267. The number of ketones is 1. The summed E-state index contributed by atoms with van der Waals surface area (Å²) < 4.78 is 5.33. The Bertz CT molecular complexity index is 469. The van der Waals surface area contributed by atoms with E-state index in [1.165, 1.54) is 0 Å². The lowest BCUT2D eigenvalue weighted by molar-refractivity contribution is 0.0978. The number of Topliss-reactive ketones (excluding diaryl/α,β-unsaturated/α-hetero) is 1. The van der Waals surface area contributed by atoms with Gasteiger partial charge in [0.2, 0.25) is 0 Å². The first kappa shape index (κ1) is 11.8. The molecule has 2 heteroatoms. The minimum absolute atomic E-state index is 0.0392. The highest BCUT2D eigenvalue weighted by Crippen LogP contribution is 2.24. The van der Waals surface area contributed by atoms with Gasteiger partial charge in [-0.2, -0.15) is 0 Å². The minimum Gasteiger partial charge on any atom is -0.373 e. The van der Waals surface area contributed by atoms with E-state index in [-0.39, 0.29) is 11.9 Å². The summed E-state index contributed by atoms with van der Waals surface area (Å²) in [6.07, 6.45) is 4.46. The molecule has 17 heavy (non-hydrogen) atoms. The molecule has 1 atom stereocenters. The van der Waals surface area contributed by atoms with Crippen molar-refractivity contribution in [1.82, 2.24) is 0 Å². The highest BCUT2D eigenvalue weighted by molar-refractivity contribution is 5.97. The molecular weight excluding hydrogens is 212 g/mol. The van der Waals surface area contributed by atoms with Crippen molar-refractivity contribution >= 4 is 5.78 Å². The highest BCUT2D eigenvalue weighted by atomic mass is 16.5. The molecule has 0 amide bonds. The first-order valence-electron chi connectivity index (χ1n) is 5.70. The molecule has 0 N–H and O–H groups in total. The third-order valence-corrected chi connectivity index (χ3v) is 2.91.